The van der Waals surface area contributed by atoms with Crippen molar-refractivity contribution >= 4 is 15.7 Å². The van der Waals surface area contributed by atoms with Gasteiger partial charge in [0.25, 0.3) is 0 Å². The number of sulfonamides is 1. The molecule has 1 aromatic carbocycles. The zero-order valence-corrected chi connectivity index (χ0v) is 12.7. The second kappa shape index (κ2) is 5.04. The fourth-order valence-electron chi connectivity index (χ4n) is 3.70. The van der Waals surface area contributed by atoms with Crippen molar-refractivity contribution in [3.8, 4) is 0 Å². The largest absolute Gasteiger partial charge is 0.398 e. The van der Waals surface area contributed by atoms with E-state index in [1.54, 1.807) is 29.4 Å². The standard InChI is InChI=1S/C15H22N2O2S/c1-11-13(16)6-4-8-15(11)20(18,19)17-10-9-12-5-2-3-7-14(12)17/h4,6,8,12,14H,2-3,5,7,9-10,16H2,1H3. The maximum atomic E-state index is 12.9. The van der Waals surface area contributed by atoms with Gasteiger partial charge in [0.15, 0.2) is 0 Å². The topological polar surface area (TPSA) is 63.4 Å². The third-order valence-corrected chi connectivity index (χ3v) is 6.94. The van der Waals surface area contributed by atoms with Gasteiger partial charge in [0, 0.05) is 18.3 Å². The third kappa shape index (κ3) is 2.13. The van der Waals surface area contributed by atoms with Crippen LogP contribution in [-0.2, 0) is 10.0 Å². The number of rotatable bonds is 2. The number of hydrogen-bond donors (Lipinski definition) is 1. The number of nitrogens with zero attached hydrogens (tertiary/aromatic N) is 1. The summed E-state index contributed by atoms with van der Waals surface area (Å²) >= 11 is 0. The van der Waals surface area contributed by atoms with Crippen molar-refractivity contribution in [2.75, 3.05) is 12.3 Å². The normalized spacial score (nSPS) is 27.4. The molecule has 0 spiro atoms. The molecule has 0 amide bonds. The summed E-state index contributed by atoms with van der Waals surface area (Å²) in [5.41, 5.74) is 7.08. The average Bonchev–Trinajstić information content (AvgIpc) is 2.86. The summed E-state index contributed by atoms with van der Waals surface area (Å²) in [7, 11) is -3.41. The molecule has 0 aromatic heterocycles. The Morgan fingerprint density at radius 1 is 1.20 bits per heavy atom. The van der Waals surface area contributed by atoms with Crippen molar-refractivity contribution in [1.82, 2.24) is 4.31 Å². The second-order valence-electron chi connectivity index (χ2n) is 5.99. The van der Waals surface area contributed by atoms with E-state index in [-0.39, 0.29) is 6.04 Å². The summed E-state index contributed by atoms with van der Waals surface area (Å²) in [5, 5.41) is 0. The lowest BCUT2D eigenvalue weighted by molar-refractivity contribution is 0.260. The number of anilines is 1. The molecule has 0 bridgehead atoms. The van der Waals surface area contributed by atoms with Crippen LogP contribution in [-0.4, -0.2) is 25.3 Å². The summed E-state index contributed by atoms with van der Waals surface area (Å²) in [6.07, 6.45) is 5.57. The minimum absolute atomic E-state index is 0.203. The van der Waals surface area contributed by atoms with Crippen LogP contribution in [0.25, 0.3) is 0 Å². The van der Waals surface area contributed by atoms with Crippen LogP contribution in [0.2, 0.25) is 0 Å². The number of fused-ring (bicyclic) bond motifs is 1. The molecule has 1 saturated carbocycles. The van der Waals surface area contributed by atoms with Crippen LogP contribution in [0.4, 0.5) is 5.69 Å². The Bertz CT molecular complexity index is 612. The van der Waals surface area contributed by atoms with Gasteiger partial charge in [-0.15, -0.1) is 0 Å². The van der Waals surface area contributed by atoms with E-state index in [0.717, 1.165) is 19.3 Å². The van der Waals surface area contributed by atoms with E-state index < -0.39 is 10.0 Å². The monoisotopic (exact) mass is 294 g/mol. The highest BCUT2D eigenvalue weighted by atomic mass is 32.2. The Balaban J connectivity index is 1.98. The lowest BCUT2D eigenvalue weighted by Crippen LogP contribution is -2.39. The molecule has 1 aromatic rings. The molecule has 2 aliphatic rings. The molecule has 4 nitrogen and oxygen atoms in total. The minimum atomic E-state index is -3.41. The van der Waals surface area contributed by atoms with E-state index >= 15 is 0 Å². The van der Waals surface area contributed by atoms with Gasteiger partial charge in [-0.25, -0.2) is 8.42 Å². The van der Waals surface area contributed by atoms with Crippen LogP contribution in [0.1, 0.15) is 37.7 Å². The molecule has 0 radical (unpaired) electrons. The van der Waals surface area contributed by atoms with Crippen LogP contribution in [0.3, 0.4) is 0 Å². The molecular formula is C15H22N2O2S. The molecule has 1 heterocycles. The van der Waals surface area contributed by atoms with Gasteiger partial charge in [0.1, 0.15) is 0 Å². The Morgan fingerprint density at radius 2 is 1.95 bits per heavy atom. The zero-order valence-electron chi connectivity index (χ0n) is 11.9. The molecule has 2 N–H and O–H groups in total. The third-order valence-electron chi connectivity index (χ3n) is 4.87. The molecular weight excluding hydrogens is 272 g/mol. The van der Waals surface area contributed by atoms with E-state index in [4.69, 9.17) is 5.73 Å². The van der Waals surface area contributed by atoms with Crippen LogP contribution >= 0.6 is 0 Å². The SMILES string of the molecule is Cc1c(N)cccc1S(=O)(=O)N1CCC2CCCCC21. The molecule has 1 aliphatic heterocycles. The zero-order chi connectivity index (χ0) is 14.3. The minimum Gasteiger partial charge on any atom is -0.398 e. The first-order valence-electron chi connectivity index (χ1n) is 7.39. The van der Waals surface area contributed by atoms with Gasteiger partial charge in [-0.3, -0.25) is 0 Å². The number of nitrogen functional groups attached to an aromatic ring is 1. The molecule has 110 valence electrons. The summed E-state index contributed by atoms with van der Waals surface area (Å²) in [4.78, 5) is 0.378. The Hall–Kier alpha value is -1.07. The quantitative estimate of drug-likeness (QED) is 0.853. The van der Waals surface area contributed by atoms with Crippen molar-refractivity contribution in [2.24, 2.45) is 5.92 Å². The number of benzene rings is 1. The van der Waals surface area contributed by atoms with Gasteiger partial charge in [-0.2, -0.15) is 4.31 Å². The van der Waals surface area contributed by atoms with Gasteiger partial charge in [-0.1, -0.05) is 18.9 Å². The van der Waals surface area contributed by atoms with Crippen LogP contribution in [0, 0.1) is 12.8 Å². The van der Waals surface area contributed by atoms with Gasteiger partial charge in [-0.05, 0) is 49.8 Å². The van der Waals surface area contributed by atoms with Crippen molar-refractivity contribution in [1.29, 1.82) is 0 Å². The average molecular weight is 294 g/mol. The smallest absolute Gasteiger partial charge is 0.243 e. The molecule has 2 unspecified atom stereocenters. The van der Waals surface area contributed by atoms with E-state index in [1.165, 1.54) is 12.8 Å². The van der Waals surface area contributed by atoms with Crippen molar-refractivity contribution in [2.45, 2.75) is 50.0 Å². The summed E-state index contributed by atoms with van der Waals surface area (Å²) in [6.45, 7) is 2.45. The molecule has 1 saturated heterocycles. The maximum absolute atomic E-state index is 12.9. The van der Waals surface area contributed by atoms with E-state index in [2.05, 4.69) is 0 Å². The van der Waals surface area contributed by atoms with Gasteiger partial charge in [0.2, 0.25) is 10.0 Å². The first-order valence-corrected chi connectivity index (χ1v) is 8.83. The molecule has 20 heavy (non-hydrogen) atoms. The first kappa shape index (κ1) is 13.9. The summed E-state index contributed by atoms with van der Waals surface area (Å²) in [6, 6.07) is 5.36. The Morgan fingerprint density at radius 3 is 2.75 bits per heavy atom. The van der Waals surface area contributed by atoms with Crippen LogP contribution in [0.15, 0.2) is 23.1 Å². The lowest BCUT2D eigenvalue weighted by atomic mass is 9.86. The van der Waals surface area contributed by atoms with Gasteiger partial charge in [0.05, 0.1) is 4.90 Å². The predicted molar refractivity (Wildman–Crippen MR) is 79.8 cm³/mol. The second-order valence-corrected chi connectivity index (χ2v) is 7.85. The summed E-state index contributed by atoms with van der Waals surface area (Å²) < 4.78 is 27.6. The van der Waals surface area contributed by atoms with Gasteiger partial charge < -0.3 is 5.73 Å². The predicted octanol–water partition coefficient (Wildman–Crippen LogP) is 2.53. The molecule has 2 atom stereocenters. The van der Waals surface area contributed by atoms with Crippen LogP contribution < -0.4 is 5.73 Å². The van der Waals surface area contributed by atoms with Crippen molar-refractivity contribution < 1.29 is 8.42 Å². The highest BCUT2D eigenvalue weighted by Crippen LogP contribution is 2.39. The van der Waals surface area contributed by atoms with Crippen molar-refractivity contribution in [3.63, 3.8) is 0 Å². The lowest BCUT2D eigenvalue weighted by Gasteiger charge is -2.31. The highest BCUT2D eigenvalue weighted by molar-refractivity contribution is 7.89. The van der Waals surface area contributed by atoms with E-state index in [1.807, 2.05) is 0 Å². The van der Waals surface area contributed by atoms with Gasteiger partial charge >= 0.3 is 0 Å². The molecule has 2 fully saturated rings. The summed E-state index contributed by atoms with van der Waals surface area (Å²) in [5.74, 6) is 0.555. The molecule has 1 aliphatic carbocycles. The fraction of sp³-hybridized carbons (Fsp3) is 0.600. The number of hydrogen-bond acceptors (Lipinski definition) is 3. The van der Waals surface area contributed by atoms with Crippen molar-refractivity contribution in [3.05, 3.63) is 23.8 Å². The maximum Gasteiger partial charge on any atom is 0.243 e. The van der Waals surface area contributed by atoms with E-state index in [0.29, 0.717) is 28.6 Å². The first-order chi connectivity index (χ1) is 9.51. The number of nitrogens with two attached hydrogens (primary N) is 1. The molecule has 3 rings (SSSR count). The highest BCUT2D eigenvalue weighted by Gasteiger charge is 2.42. The molecule has 5 heteroatoms. The van der Waals surface area contributed by atoms with E-state index in [9.17, 15) is 8.42 Å². The fourth-order valence-corrected chi connectivity index (χ4v) is 5.69. The Labute approximate surface area is 121 Å². The Kier molecular flexibility index (Phi) is 3.50. The van der Waals surface area contributed by atoms with Crippen LogP contribution in [0.5, 0.6) is 0 Å².